The van der Waals surface area contributed by atoms with Crippen molar-refractivity contribution in [3.05, 3.63) is 29.3 Å². The number of nitrogens with one attached hydrogen (secondary N) is 1. The molecule has 1 rings (SSSR count). The molecule has 1 aromatic rings. The Labute approximate surface area is 112 Å². The number of nitriles is 1. The maximum absolute atomic E-state index is 11.6. The molecule has 0 spiro atoms. The Bertz CT molecular complexity index is 426. The smallest absolute Gasteiger partial charge is 0.258 e. The van der Waals surface area contributed by atoms with Gasteiger partial charge in [0.2, 0.25) is 0 Å². The Kier molecular flexibility index (Phi) is 6.03. The average Bonchev–Trinajstić information content (AvgIpc) is 2.37. The van der Waals surface area contributed by atoms with Crippen molar-refractivity contribution in [2.45, 2.75) is 25.8 Å². The molecule has 5 heteroatoms. The van der Waals surface area contributed by atoms with E-state index in [1.54, 1.807) is 24.3 Å². The normalized spacial score (nSPS) is 11.4. The van der Waals surface area contributed by atoms with Gasteiger partial charge in [-0.05, 0) is 30.7 Å². The Hall–Kier alpha value is -1.73. The van der Waals surface area contributed by atoms with Crippen molar-refractivity contribution < 1.29 is 9.53 Å². The van der Waals surface area contributed by atoms with Gasteiger partial charge in [-0.15, -0.1) is 0 Å². The molecule has 1 aromatic carbocycles. The van der Waals surface area contributed by atoms with Crippen LogP contribution in [0.25, 0.3) is 0 Å². The second-order valence-corrected chi connectivity index (χ2v) is 4.21. The molecule has 0 saturated carbocycles. The van der Waals surface area contributed by atoms with Gasteiger partial charge in [-0.1, -0.05) is 18.5 Å². The Morgan fingerprint density at radius 3 is 2.72 bits per heavy atom. The summed E-state index contributed by atoms with van der Waals surface area (Å²) in [6.07, 6.45) is 1.03. The van der Waals surface area contributed by atoms with E-state index >= 15 is 0 Å². The van der Waals surface area contributed by atoms with Crippen molar-refractivity contribution >= 4 is 17.5 Å². The van der Waals surface area contributed by atoms with Crippen LogP contribution in [0.3, 0.4) is 0 Å². The lowest BCUT2D eigenvalue weighted by molar-refractivity contribution is -0.123. The summed E-state index contributed by atoms with van der Waals surface area (Å²) in [5.41, 5.74) is 0. The first kappa shape index (κ1) is 14.3. The van der Waals surface area contributed by atoms with Crippen molar-refractivity contribution in [3.8, 4) is 11.8 Å². The molecule has 0 aliphatic heterocycles. The van der Waals surface area contributed by atoms with E-state index in [9.17, 15) is 4.79 Å². The fourth-order valence-electron chi connectivity index (χ4n) is 1.36. The zero-order valence-corrected chi connectivity index (χ0v) is 10.9. The molecular formula is C13H15ClN2O2. The van der Waals surface area contributed by atoms with Crippen LogP contribution in [-0.2, 0) is 4.79 Å². The van der Waals surface area contributed by atoms with Crippen molar-refractivity contribution in [2.75, 3.05) is 6.61 Å². The minimum atomic E-state index is -0.230. The zero-order valence-electron chi connectivity index (χ0n) is 10.1. The quantitative estimate of drug-likeness (QED) is 0.861. The second-order valence-electron chi connectivity index (χ2n) is 3.78. The first-order valence-corrected chi connectivity index (χ1v) is 6.08. The molecule has 1 unspecified atom stereocenters. The van der Waals surface area contributed by atoms with Gasteiger partial charge in [-0.2, -0.15) is 5.26 Å². The largest absolute Gasteiger partial charge is 0.484 e. The number of amides is 1. The van der Waals surface area contributed by atoms with Gasteiger partial charge in [0.25, 0.3) is 5.91 Å². The summed E-state index contributed by atoms with van der Waals surface area (Å²) in [5.74, 6) is 0.356. The SMILES string of the molecule is CCC(CC#N)NC(=O)COc1ccc(Cl)cc1. The molecule has 96 valence electrons. The highest BCUT2D eigenvalue weighted by atomic mass is 35.5. The van der Waals surface area contributed by atoms with Gasteiger partial charge in [0, 0.05) is 11.1 Å². The van der Waals surface area contributed by atoms with Crippen molar-refractivity contribution in [2.24, 2.45) is 0 Å². The topological polar surface area (TPSA) is 62.1 Å². The van der Waals surface area contributed by atoms with E-state index in [4.69, 9.17) is 21.6 Å². The number of ether oxygens (including phenoxy) is 1. The lowest BCUT2D eigenvalue weighted by Crippen LogP contribution is -2.37. The fourth-order valence-corrected chi connectivity index (χ4v) is 1.48. The van der Waals surface area contributed by atoms with Crippen LogP contribution in [0.2, 0.25) is 5.02 Å². The predicted molar refractivity (Wildman–Crippen MR) is 69.4 cm³/mol. The minimum Gasteiger partial charge on any atom is -0.484 e. The maximum atomic E-state index is 11.6. The number of halogens is 1. The van der Waals surface area contributed by atoms with Gasteiger partial charge in [0.1, 0.15) is 5.75 Å². The summed E-state index contributed by atoms with van der Waals surface area (Å²) < 4.78 is 5.29. The summed E-state index contributed by atoms with van der Waals surface area (Å²) in [7, 11) is 0. The molecule has 0 heterocycles. The van der Waals surface area contributed by atoms with E-state index in [1.807, 2.05) is 13.0 Å². The van der Waals surface area contributed by atoms with E-state index in [-0.39, 0.29) is 18.6 Å². The van der Waals surface area contributed by atoms with Crippen LogP contribution >= 0.6 is 11.6 Å². The number of hydrogen-bond donors (Lipinski definition) is 1. The van der Waals surface area contributed by atoms with E-state index < -0.39 is 0 Å². The number of rotatable bonds is 6. The summed E-state index contributed by atoms with van der Waals surface area (Å²) in [4.78, 5) is 11.6. The average molecular weight is 267 g/mol. The first-order valence-electron chi connectivity index (χ1n) is 5.70. The number of carbonyl (C=O) groups is 1. The number of benzene rings is 1. The maximum Gasteiger partial charge on any atom is 0.258 e. The van der Waals surface area contributed by atoms with Gasteiger partial charge in [-0.25, -0.2) is 0 Å². The number of hydrogen-bond acceptors (Lipinski definition) is 3. The van der Waals surface area contributed by atoms with Gasteiger partial charge in [0.15, 0.2) is 6.61 Å². The van der Waals surface area contributed by atoms with E-state index in [2.05, 4.69) is 5.32 Å². The van der Waals surface area contributed by atoms with Crippen molar-refractivity contribution in [1.29, 1.82) is 5.26 Å². The molecule has 0 aliphatic rings. The van der Waals surface area contributed by atoms with Gasteiger partial charge >= 0.3 is 0 Å². The Balaban J connectivity index is 2.37. The molecule has 0 radical (unpaired) electrons. The zero-order chi connectivity index (χ0) is 13.4. The van der Waals surface area contributed by atoms with Crippen LogP contribution < -0.4 is 10.1 Å². The third-order valence-corrected chi connectivity index (χ3v) is 2.63. The van der Waals surface area contributed by atoms with Gasteiger partial charge < -0.3 is 10.1 Å². The number of carbonyl (C=O) groups excluding carboxylic acids is 1. The molecule has 0 saturated heterocycles. The fraction of sp³-hybridized carbons (Fsp3) is 0.385. The molecule has 18 heavy (non-hydrogen) atoms. The highest BCUT2D eigenvalue weighted by molar-refractivity contribution is 6.30. The summed E-state index contributed by atoms with van der Waals surface area (Å²) in [6, 6.07) is 8.70. The molecule has 0 fully saturated rings. The second kappa shape index (κ2) is 7.57. The standard InChI is InChI=1S/C13H15ClN2O2/c1-2-11(7-8-15)16-13(17)9-18-12-5-3-10(14)4-6-12/h3-6,11H,2,7,9H2,1H3,(H,16,17). The van der Waals surface area contributed by atoms with E-state index in [1.165, 1.54) is 0 Å². The number of nitrogens with zero attached hydrogens (tertiary/aromatic N) is 1. The summed E-state index contributed by atoms with van der Waals surface area (Å²) in [5, 5.41) is 11.9. The van der Waals surface area contributed by atoms with Crippen molar-refractivity contribution in [3.63, 3.8) is 0 Å². The highest BCUT2D eigenvalue weighted by Gasteiger charge is 2.10. The van der Waals surface area contributed by atoms with Crippen molar-refractivity contribution in [1.82, 2.24) is 5.32 Å². The van der Waals surface area contributed by atoms with Crippen LogP contribution in [-0.4, -0.2) is 18.6 Å². The molecule has 4 nitrogen and oxygen atoms in total. The molecule has 1 amide bonds. The molecule has 0 aromatic heterocycles. The Morgan fingerprint density at radius 1 is 1.50 bits per heavy atom. The molecule has 1 N–H and O–H groups in total. The third-order valence-electron chi connectivity index (χ3n) is 2.38. The van der Waals surface area contributed by atoms with Gasteiger partial charge in [-0.3, -0.25) is 4.79 Å². The molecular weight excluding hydrogens is 252 g/mol. The highest BCUT2D eigenvalue weighted by Crippen LogP contribution is 2.15. The summed E-state index contributed by atoms with van der Waals surface area (Å²) >= 11 is 5.73. The Morgan fingerprint density at radius 2 is 2.17 bits per heavy atom. The lowest BCUT2D eigenvalue weighted by atomic mass is 10.2. The minimum absolute atomic E-state index is 0.0659. The van der Waals surface area contributed by atoms with Crippen LogP contribution in [0.5, 0.6) is 5.75 Å². The first-order chi connectivity index (χ1) is 8.65. The monoisotopic (exact) mass is 266 g/mol. The molecule has 1 atom stereocenters. The van der Waals surface area contributed by atoms with Crippen LogP contribution in [0.1, 0.15) is 19.8 Å². The third kappa shape index (κ3) is 5.07. The van der Waals surface area contributed by atoms with Crippen LogP contribution in [0.4, 0.5) is 0 Å². The van der Waals surface area contributed by atoms with Crippen LogP contribution in [0.15, 0.2) is 24.3 Å². The predicted octanol–water partition coefficient (Wildman–Crippen LogP) is 2.53. The molecule has 0 bridgehead atoms. The van der Waals surface area contributed by atoms with Crippen LogP contribution in [0, 0.1) is 11.3 Å². The van der Waals surface area contributed by atoms with E-state index in [0.29, 0.717) is 17.2 Å². The van der Waals surface area contributed by atoms with E-state index in [0.717, 1.165) is 6.42 Å². The lowest BCUT2D eigenvalue weighted by Gasteiger charge is -2.13. The van der Waals surface area contributed by atoms with Gasteiger partial charge in [0.05, 0.1) is 12.5 Å². The molecule has 0 aliphatic carbocycles. The summed E-state index contributed by atoms with van der Waals surface area (Å²) in [6.45, 7) is 1.85.